The maximum atomic E-state index is 12.3. The summed E-state index contributed by atoms with van der Waals surface area (Å²) < 4.78 is 11.0. The van der Waals surface area contributed by atoms with E-state index in [0.717, 1.165) is 16.9 Å². The molecule has 2 N–H and O–H groups in total. The molecule has 0 saturated heterocycles. The maximum absolute atomic E-state index is 12.3. The van der Waals surface area contributed by atoms with Crippen molar-refractivity contribution in [3.05, 3.63) is 84.4 Å². The second-order valence-electron chi connectivity index (χ2n) is 6.55. The largest absolute Gasteiger partial charge is 0.494 e. The van der Waals surface area contributed by atoms with Crippen LogP contribution in [0, 0.1) is 0 Å². The molecule has 6 heteroatoms. The van der Waals surface area contributed by atoms with Gasteiger partial charge in [-0.2, -0.15) is 0 Å². The van der Waals surface area contributed by atoms with Crippen LogP contribution in [0.15, 0.2) is 78.9 Å². The zero-order valence-electron chi connectivity index (χ0n) is 16.9. The second-order valence-corrected chi connectivity index (χ2v) is 6.55. The molecule has 0 heterocycles. The van der Waals surface area contributed by atoms with E-state index in [0.29, 0.717) is 17.9 Å². The summed E-state index contributed by atoms with van der Waals surface area (Å²) in [5.74, 6) is 0.394. The first-order chi connectivity index (χ1) is 14.6. The molecule has 3 rings (SSSR count). The predicted octanol–water partition coefficient (Wildman–Crippen LogP) is 3.98. The van der Waals surface area contributed by atoms with Gasteiger partial charge in [-0.3, -0.25) is 20.4 Å². The third-order valence-electron chi connectivity index (χ3n) is 4.37. The van der Waals surface area contributed by atoms with Crippen molar-refractivity contribution in [2.75, 3.05) is 6.61 Å². The lowest BCUT2D eigenvalue weighted by Crippen LogP contribution is -2.47. The SMILES string of the molecule is CCOc1ccc(O[C@@H](C)C(=O)NNC(=O)c2ccc(-c3ccccc3)cc2)cc1. The van der Waals surface area contributed by atoms with E-state index in [1.165, 1.54) is 0 Å². The van der Waals surface area contributed by atoms with E-state index in [2.05, 4.69) is 10.9 Å². The fraction of sp³-hybridized carbons (Fsp3) is 0.167. The van der Waals surface area contributed by atoms with E-state index in [1.54, 1.807) is 43.3 Å². The standard InChI is InChI=1S/C24H24N2O4/c1-3-29-21-13-15-22(16-14-21)30-17(2)23(27)25-26-24(28)20-11-9-19(10-12-20)18-7-5-4-6-8-18/h4-17H,3H2,1-2H3,(H,25,27)(H,26,28)/t17-/m0/s1. The molecule has 1 atom stereocenters. The van der Waals surface area contributed by atoms with Crippen molar-refractivity contribution in [1.82, 2.24) is 10.9 Å². The van der Waals surface area contributed by atoms with Crippen molar-refractivity contribution in [2.24, 2.45) is 0 Å². The predicted molar refractivity (Wildman–Crippen MR) is 115 cm³/mol. The van der Waals surface area contributed by atoms with Gasteiger partial charge < -0.3 is 9.47 Å². The van der Waals surface area contributed by atoms with E-state index in [1.807, 2.05) is 49.4 Å². The highest BCUT2D eigenvalue weighted by molar-refractivity contribution is 5.96. The van der Waals surface area contributed by atoms with Gasteiger partial charge >= 0.3 is 0 Å². The molecule has 0 bridgehead atoms. The first-order valence-corrected chi connectivity index (χ1v) is 9.72. The molecule has 0 aliphatic heterocycles. The van der Waals surface area contributed by atoms with Crippen LogP contribution in [-0.2, 0) is 4.79 Å². The normalized spacial score (nSPS) is 11.3. The topological polar surface area (TPSA) is 76.7 Å². The van der Waals surface area contributed by atoms with Crippen molar-refractivity contribution < 1.29 is 19.1 Å². The molecular formula is C24H24N2O4. The fourth-order valence-corrected chi connectivity index (χ4v) is 2.78. The van der Waals surface area contributed by atoms with E-state index < -0.39 is 17.9 Å². The Bertz CT molecular complexity index is 970. The molecular weight excluding hydrogens is 380 g/mol. The van der Waals surface area contributed by atoms with Crippen LogP contribution >= 0.6 is 0 Å². The second kappa shape index (κ2) is 10.1. The minimum absolute atomic E-state index is 0.406. The number of carbonyl (C=O) groups excluding carboxylic acids is 2. The van der Waals surface area contributed by atoms with Crippen LogP contribution in [0.5, 0.6) is 11.5 Å². The van der Waals surface area contributed by atoms with Crippen LogP contribution in [0.4, 0.5) is 0 Å². The number of ether oxygens (including phenoxy) is 2. The number of hydrogen-bond donors (Lipinski definition) is 2. The Morgan fingerprint density at radius 1 is 0.800 bits per heavy atom. The third-order valence-corrected chi connectivity index (χ3v) is 4.37. The van der Waals surface area contributed by atoms with Crippen molar-refractivity contribution in [1.29, 1.82) is 0 Å². The Morgan fingerprint density at radius 3 is 2.03 bits per heavy atom. The number of rotatable bonds is 7. The minimum atomic E-state index is -0.788. The van der Waals surface area contributed by atoms with E-state index in [9.17, 15) is 9.59 Å². The van der Waals surface area contributed by atoms with Gasteiger partial charge in [0.15, 0.2) is 6.10 Å². The van der Waals surface area contributed by atoms with Gasteiger partial charge in [0, 0.05) is 5.56 Å². The molecule has 3 aromatic rings. The molecule has 2 amide bonds. The maximum Gasteiger partial charge on any atom is 0.279 e. The van der Waals surface area contributed by atoms with E-state index >= 15 is 0 Å². The Hall–Kier alpha value is -3.80. The van der Waals surface area contributed by atoms with Gasteiger partial charge in [-0.1, -0.05) is 42.5 Å². The summed E-state index contributed by atoms with van der Waals surface area (Å²) >= 11 is 0. The van der Waals surface area contributed by atoms with Crippen molar-refractivity contribution in [2.45, 2.75) is 20.0 Å². The van der Waals surface area contributed by atoms with Crippen molar-refractivity contribution in [3.8, 4) is 22.6 Å². The van der Waals surface area contributed by atoms with Gasteiger partial charge in [-0.05, 0) is 61.4 Å². The summed E-state index contributed by atoms with van der Waals surface area (Å²) in [6.07, 6.45) is -0.788. The van der Waals surface area contributed by atoms with Crippen LogP contribution in [-0.4, -0.2) is 24.5 Å². The van der Waals surface area contributed by atoms with Gasteiger partial charge in [-0.25, -0.2) is 0 Å². The Labute approximate surface area is 175 Å². The number of hydrogen-bond acceptors (Lipinski definition) is 4. The molecule has 0 radical (unpaired) electrons. The Morgan fingerprint density at radius 2 is 1.40 bits per heavy atom. The number of hydrazine groups is 1. The van der Waals surface area contributed by atoms with Crippen LogP contribution in [0.1, 0.15) is 24.2 Å². The number of benzene rings is 3. The van der Waals surface area contributed by atoms with Gasteiger partial charge in [0.1, 0.15) is 11.5 Å². The molecule has 0 fully saturated rings. The highest BCUT2D eigenvalue weighted by Crippen LogP contribution is 2.20. The van der Waals surface area contributed by atoms with E-state index in [4.69, 9.17) is 9.47 Å². The number of nitrogens with one attached hydrogen (secondary N) is 2. The summed E-state index contributed by atoms with van der Waals surface area (Å²) in [7, 11) is 0. The fourth-order valence-electron chi connectivity index (χ4n) is 2.78. The highest BCUT2D eigenvalue weighted by atomic mass is 16.5. The summed E-state index contributed by atoms with van der Waals surface area (Å²) in [6.45, 7) is 4.09. The number of carbonyl (C=O) groups is 2. The van der Waals surface area contributed by atoms with Gasteiger partial charge in [0.25, 0.3) is 11.8 Å². The van der Waals surface area contributed by atoms with Crippen LogP contribution in [0.25, 0.3) is 11.1 Å². The van der Waals surface area contributed by atoms with Crippen LogP contribution < -0.4 is 20.3 Å². The quantitative estimate of drug-likeness (QED) is 0.584. The summed E-state index contributed by atoms with van der Waals surface area (Å²) in [4.78, 5) is 24.5. The molecule has 3 aromatic carbocycles. The zero-order valence-corrected chi connectivity index (χ0v) is 16.9. The number of amides is 2. The molecule has 0 saturated carbocycles. The monoisotopic (exact) mass is 404 g/mol. The van der Waals surface area contributed by atoms with E-state index in [-0.39, 0.29) is 0 Å². The molecule has 0 aromatic heterocycles. The lowest BCUT2D eigenvalue weighted by Gasteiger charge is -2.15. The smallest absolute Gasteiger partial charge is 0.279 e. The molecule has 154 valence electrons. The minimum Gasteiger partial charge on any atom is -0.494 e. The summed E-state index contributed by atoms with van der Waals surface area (Å²) in [5, 5.41) is 0. The highest BCUT2D eigenvalue weighted by Gasteiger charge is 2.16. The molecule has 0 spiro atoms. The summed E-state index contributed by atoms with van der Waals surface area (Å²) in [6, 6.07) is 24.0. The molecule has 0 aliphatic rings. The average Bonchev–Trinajstić information content (AvgIpc) is 2.79. The third kappa shape index (κ3) is 5.61. The first kappa shape index (κ1) is 20.9. The molecule has 30 heavy (non-hydrogen) atoms. The first-order valence-electron chi connectivity index (χ1n) is 9.72. The zero-order chi connectivity index (χ0) is 21.3. The lowest BCUT2D eigenvalue weighted by atomic mass is 10.0. The Balaban J connectivity index is 1.50. The molecule has 0 aliphatic carbocycles. The van der Waals surface area contributed by atoms with Gasteiger partial charge in [0.05, 0.1) is 6.61 Å². The summed E-state index contributed by atoms with van der Waals surface area (Å²) in [5.41, 5.74) is 7.32. The van der Waals surface area contributed by atoms with Crippen molar-refractivity contribution in [3.63, 3.8) is 0 Å². The van der Waals surface area contributed by atoms with Crippen molar-refractivity contribution >= 4 is 11.8 Å². The van der Waals surface area contributed by atoms with Gasteiger partial charge in [0.2, 0.25) is 0 Å². The van der Waals surface area contributed by atoms with Crippen LogP contribution in [0.2, 0.25) is 0 Å². The molecule has 0 unspecified atom stereocenters. The van der Waals surface area contributed by atoms with Crippen LogP contribution in [0.3, 0.4) is 0 Å². The lowest BCUT2D eigenvalue weighted by molar-refractivity contribution is -0.128. The van der Waals surface area contributed by atoms with Gasteiger partial charge in [-0.15, -0.1) is 0 Å². The Kier molecular flexibility index (Phi) is 7.05. The average molecular weight is 404 g/mol. The molecule has 6 nitrogen and oxygen atoms in total.